The Labute approximate surface area is 187 Å². The summed E-state index contributed by atoms with van der Waals surface area (Å²) in [7, 11) is 2.92. The minimum absolute atomic E-state index is 0.0655. The Bertz CT molecular complexity index is 1070. The number of carbonyl (C=O) groups excluding carboxylic acids is 2. The monoisotopic (exact) mass is 441 g/mol. The zero-order valence-electron chi connectivity index (χ0n) is 18.9. The van der Waals surface area contributed by atoms with Crippen molar-refractivity contribution in [2.24, 2.45) is 0 Å². The Kier molecular flexibility index (Phi) is 6.69. The van der Waals surface area contributed by atoms with Gasteiger partial charge in [0.25, 0.3) is 11.7 Å². The van der Waals surface area contributed by atoms with Crippen molar-refractivity contribution in [3.05, 3.63) is 70.5 Å². The third-order valence-corrected chi connectivity index (χ3v) is 5.60. The molecule has 1 fully saturated rings. The molecule has 2 aromatic carbocycles. The van der Waals surface area contributed by atoms with E-state index < -0.39 is 29.3 Å². The van der Waals surface area contributed by atoms with Crippen molar-refractivity contribution in [2.45, 2.75) is 32.2 Å². The second-order valence-corrected chi connectivity index (χ2v) is 8.67. The molecule has 0 radical (unpaired) electrons. The Balaban J connectivity index is 2.28. The fourth-order valence-electron chi connectivity index (χ4n) is 3.83. The van der Waals surface area contributed by atoms with Crippen molar-refractivity contribution >= 4 is 17.4 Å². The molecule has 170 valence electrons. The molecule has 0 saturated carbocycles. The molecule has 1 amide bonds. The van der Waals surface area contributed by atoms with Crippen LogP contribution in [0.4, 0.5) is 4.39 Å². The number of hydrogen-bond acceptors (Lipinski definition) is 5. The Morgan fingerprint density at radius 3 is 2.41 bits per heavy atom. The van der Waals surface area contributed by atoms with Crippen LogP contribution in [0.1, 0.15) is 43.5 Å². The van der Waals surface area contributed by atoms with E-state index in [0.717, 1.165) is 5.56 Å². The molecule has 7 heteroatoms. The average molecular weight is 441 g/mol. The molecule has 32 heavy (non-hydrogen) atoms. The SMILES string of the molecule is COCCN1C(=O)C(=O)/C(=C(/O)c2cc(C(C)(C)C)ccc2OC)C1c1ccccc1F. The fraction of sp³-hybridized carbons (Fsp3) is 0.360. The van der Waals surface area contributed by atoms with E-state index in [1.807, 2.05) is 26.8 Å². The third kappa shape index (κ3) is 4.25. The van der Waals surface area contributed by atoms with Crippen LogP contribution >= 0.6 is 0 Å². The highest BCUT2D eigenvalue weighted by atomic mass is 19.1. The van der Waals surface area contributed by atoms with Crippen LogP contribution in [0, 0.1) is 5.82 Å². The first-order valence-electron chi connectivity index (χ1n) is 10.3. The summed E-state index contributed by atoms with van der Waals surface area (Å²) < 4.78 is 25.3. The standard InChI is InChI=1S/C25H28FNO5/c1-25(2,3)15-10-11-19(32-5)17(14-15)22(28)20-21(16-8-6-7-9-18(16)26)27(12-13-31-4)24(30)23(20)29/h6-11,14,21,28H,12-13H2,1-5H3/b22-20+. The highest BCUT2D eigenvalue weighted by molar-refractivity contribution is 6.46. The number of aliphatic hydroxyl groups is 1. The number of ketones is 1. The number of likely N-dealkylation sites (tertiary alicyclic amines) is 1. The van der Waals surface area contributed by atoms with E-state index in [1.165, 1.54) is 37.3 Å². The zero-order valence-corrected chi connectivity index (χ0v) is 18.9. The number of benzene rings is 2. The van der Waals surface area contributed by atoms with E-state index >= 15 is 0 Å². The molecule has 0 bridgehead atoms. The molecular formula is C25H28FNO5. The van der Waals surface area contributed by atoms with E-state index in [4.69, 9.17) is 9.47 Å². The van der Waals surface area contributed by atoms with Gasteiger partial charge in [-0.25, -0.2) is 4.39 Å². The van der Waals surface area contributed by atoms with Crippen molar-refractivity contribution in [2.75, 3.05) is 27.4 Å². The van der Waals surface area contributed by atoms with E-state index in [0.29, 0.717) is 5.75 Å². The van der Waals surface area contributed by atoms with Gasteiger partial charge in [-0.15, -0.1) is 0 Å². The number of methoxy groups -OCH3 is 2. The predicted octanol–water partition coefficient (Wildman–Crippen LogP) is 4.20. The topological polar surface area (TPSA) is 76.1 Å². The normalized spacial score (nSPS) is 18.3. The number of carbonyl (C=O) groups is 2. The second-order valence-electron chi connectivity index (χ2n) is 8.67. The van der Waals surface area contributed by atoms with Gasteiger partial charge in [-0.3, -0.25) is 9.59 Å². The van der Waals surface area contributed by atoms with Gasteiger partial charge >= 0.3 is 0 Å². The fourth-order valence-corrected chi connectivity index (χ4v) is 3.83. The maximum Gasteiger partial charge on any atom is 0.295 e. The lowest BCUT2D eigenvalue weighted by Crippen LogP contribution is -2.33. The average Bonchev–Trinajstić information content (AvgIpc) is 3.01. The maximum absolute atomic E-state index is 14.8. The lowest BCUT2D eigenvalue weighted by Gasteiger charge is -2.26. The summed E-state index contributed by atoms with van der Waals surface area (Å²) in [6, 6.07) is 10.1. The Hall–Kier alpha value is -3.19. The number of aliphatic hydroxyl groups excluding tert-OH is 1. The number of halogens is 1. The molecule has 0 aromatic heterocycles. The molecule has 0 aliphatic carbocycles. The summed E-state index contributed by atoms with van der Waals surface area (Å²) in [4.78, 5) is 27.1. The molecule has 1 unspecified atom stereocenters. The molecule has 1 aliphatic heterocycles. The zero-order chi connectivity index (χ0) is 23.6. The largest absolute Gasteiger partial charge is 0.507 e. The first kappa shape index (κ1) is 23.5. The van der Waals surface area contributed by atoms with E-state index in [2.05, 4.69) is 0 Å². The molecular weight excluding hydrogens is 413 g/mol. The highest BCUT2D eigenvalue weighted by Gasteiger charge is 2.47. The van der Waals surface area contributed by atoms with Gasteiger partial charge in [-0.2, -0.15) is 0 Å². The van der Waals surface area contributed by atoms with Crippen LogP contribution < -0.4 is 4.74 Å². The van der Waals surface area contributed by atoms with Crippen LogP contribution in [-0.4, -0.2) is 49.1 Å². The van der Waals surface area contributed by atoms with E-state index in [1.54, 1.807) is 18.2 Å². The molecule has 1 N–H and O–H groups in total. The van der Waals surface area contributed by atoms with Crippen LogP contribution in [0.5, 0.6) is 5.75 Å². The number of Topliss-reactive ketones (excluding diaryl/α,β-unsaturated/α-hetero) is 1. The van der Waals surface area contributed by atoms with Gasteiger partial charge in [0.2, 0.25) is 0 Å². The number of hydrogen-bond donors (Lipinski definition) is 1. The van der Waals surface area contributed by atoms with Crippen molar-refractivity contribution in [1.29, 1.82) is 0 Å². The molecule has 1 atom stereocenters. The van der Waals surface area contributed by atoms with Gasteiger partial charge in [-0.05, 0) is 29.2 Å². The van der Waals surface area contributed by atoms with Gasteiger partial charge < -0.3 is 19.5 Å². The minimum atomic E-state index is -1.09. The minimum Gasteiger partial charge on any atom is -0.507 e. The van der Waals surface area contributed by atoms with E-state index in [9.17, 15) is 19.1 Å². The van der Waals surface area contributed by atoms with Gasteiger partial charge in [0, 0.05) is 19.2 Å². The molecule has 3 rings (SSSR count). The van der Waals surface area contributed by atoms with Crippen LogP contribution in [0.15, 0.2) is 48.0 Å². The quantitative estimate of drug-likeness (QED) is 0.413. The third-order valence-electron chi connectivity index (χ3n) is 5.60. The molecule has 0 spiro atoms. The van der Waals surface area contributed by atoms with Crippen LogP contribution in [-0.2, 0) is 19.7 Å². The summed E-state index contributed by atoms with van der Waals surface area (Å²) >= 11 is 0. The van der Waals surface area contributed by atoms with Gasteiger partial charge in [-0.1, -0.05) is 45.0 Å². The number of nitrogens with zero attached hydrogens (tertiary/aromatic N) is 1. The summed E-state index contributed by atoms with van der Waals surface area (Å²) in [5.74, 6) is -2.34. The summed E-state index contributed by atoms with van der Waals surface area (Å²) in [5, 5.41) is 11.3. The highest BCUT2D eigenvalue weighted by Crippen LogP contribution is 2.42. The summed E-state index contributed by atoms with van der Waals surface area (Å²) in [6.45, 7) is 6.27. The van der Waals surface area contributed by atoms with Crippen LogP contribution in [0.25, 0.3) is 5.76 Å². The smallest absolute Gasteiger partial charge is 0.295 e. The number of rotatable bonds is 6. The number of ether oxygens (including phenoxy) is 2. The van der Waals surface area contributed by atoms with Crippen molar-refractivity contribution in [3.8, 4) is 5.75 Å². The van der Waals surface area contributed by atoms with Gasteiger partial charge in [0.15, 0.2) is 0 Å². The van der Waals surface area contributed by atoms with Crippen molar-refractivity contribution < 1.29 is 28.6 Å². The molecule has 1 heterocycles. The first-order chi connectivity index (χ1) is 15.1. The first-order valence-corrected chi connectivity index (χ1v) is 10.3. The Morgan fingerprint density at radius 2 is 1.81 bits per heavy atom. The van der Waals surface area contributed by atoms with Crippen molar-refractivity contribution in [1.82, 2.24) is 4.90 Å². The maximum atomic E-state index is 14.8. The molecule has 2 aromatic rings. The van der Waals surface area contributed by atoms with Gasteiger partial charge in [0.05, 0.1) is 30.9 Å². The van der Waals surface area contributed by atoms with Crippen LogP contribution in [0.3, 0.4) is 0 Å². The molecule has 6 nitrogen and oxygen atoms in total. The summed E-state index contributed by atoms with van der Waals surface area (Å²) in [5.41, 5.74) is 0.870. The van der Waals surface area contributed by atoms with Crippen molar-refractivity contribution in [3.63, 3.8) is 0 Å². The molecule has 1 aliphatic rings. The van der Waals surface area contributed by atoms with Crippen LogP contribution in [0.2, 0.25) is 0 Å². The van der Waals surface area contributed by atoms with Gasteiger partial charge in [0.1, 0.15) is 17.3 Å². The number of amides is 1. The lowest BCUT2D eigenvalue weighted by molar-refractivity contribution is -0.140. The van der Waals surface area contributed by atoms with E-state index in [-0.39, 0.29) is 35.3 Å². The predicted molar refractivity (Wildman–Crippen MR) is 119 cm³/mol. The summed E-state index contributed by atoms with van der Waals surface area (Å²) in [6.07, 6.45) is 0. The second kappa shape index (κ2) is 9.12. The Morgan fingerprint density at radius 1 is 1.12 bits per heavy atom. The molecule has 1 saturated heterocycles. The lowest BCUT2D eigenvalue weighted by atomic mass is 9.85.